The van der Waals surface area contributed by atoms with Gasteiger partial charge in [0.1, 0.15) is 5.52 Å². The van der Waals surface area contributed by atoms with Gasteiger partial charge in [-0.15, -0.1) is 0 Å². The van der Waals surface area contributed by atoms with Crippen molar-refractivity contribution in [1.82, 2.24) is 14.6 Å². The van der Waals surface area contributed by atoms with E-state index in [4.69, 9.17) is 0 Å². The van der Waals surface area contributed by atoms with E-state index < -0.39 is 0 Å². The van der Waals surface area contributed by atoms with Crippen LogP contribution in [0.3, 0.4) is 0 Å². The molecule has 1 aliphatic carbocycles. The number of hydrogen-bond acceptors (Lipinski definition) is 4. The number of fused-ring (bicyclic) bond motifs is 1. The van der Waals surface area contributed by atoms with Crippen LogP contribution in [0.1, 0.15) is 52.1 Å². The minimum atomic E-state index is -0.130. The second-order valence-corrected chi connectivity index (χ2v) is 7.04. The van der Waals surface area contributed by atoms with Crippen molar-refractivity contribution < 1.29 is 5.11 Å². The fourth-order valence-electron chi connectivity index (χ4n) is 2.81. The lowest BCUT2D eigenvalue weighted by atomic mass is 9.92. The van der Waals surface area contributed by atoms with Crippen molar-refractivity contribution in [3.8, 4) is 0 Å². The number of aliphatic hydroxyl groups excluding tert-OH is 1. The van der Waals surface area contributed by atoms with Gasteiger partial charge in [-0.2, -0.15) is 5.10 Å². The molecule has 0 radical (unpaired) electrons. The van der Waals surface area contributed by atoms with E-state index in [9.17, 15) is 5.11 Å². The van der Waals surface area contributed by atoms with Crippen LogP contribution < -0.4 is 5.32 Å². The zero-order valence-corrected chi connectivity index (χ0v) is 13.0. The van der Waals surface area contributed by atoms with Crippen LogP contribution in [-0.4, -0.2) is 31.9 Å². The molecule has 5 heteroatoms. The van der Waals surface area contributed by atoms with Gasteiger partial charge in [-0.05, 0) is 31.7 Å². The first kappa shape index (κ1) is 14.3. The zero-order valence-electron chi connectivity index (χ0n) is 13.0. The molecule has 114 valence electrons. The number of anilines is 1. The van der Waals surface area contributed by atoms with Crippen LogP contribution in [0.2, 0.25) is 0 Å². The van der Waals surface area contributed by atoms with Crippen molar-refractivity contribution >= 4 is 11.3 Å². The summed E-state index contributed by atoms with van der Waals surface area (Å²) in [5.74, 6) is 0.891. The van der Waals surface area contributed by atoms with Gasteiger partial charge in [0.2, 0.25) is 0 Å². The summed E-state index contributed by atoms with van der Waals surface area (Å²) in [4.78, 5) is 4.48. The Morgan fingerprint density at radius 1 is 1.24 bits per heavy atom. The molecule has 2 aromatic rings. The van der Waals surface area contributed by atoms with Crippen molar-refractivity contribution in [3.05, 3.63) is 24.2 Å². The number of rotatable bonds is 2. The van der Waals surface area contributed by atoms with Crippen molar-refractivity contribution in [3.63, 3.8) is 0 Å². The summed E-state index contributed by atoms with van der Waals surface area (Å²) in [5, 5.41) is 17.8. The maximum Gasteiger partial charge on any atom is 0.152 e. The van der Waals surface area contributed by atoms with Crippen molar-refractivity contribution in [1.29, 1.82) is 0 Å². The van der Waals surface area contributed by atoms with Crippen molar-refractivity contribution in [2.75, 3.05) is 5.32 Å². The molecule has 0 aromatic carbocycles. The minimum absolute atomic E-state index is 0.0260. The van der Waals surface area contributed by atoms with E-state index in [2.05, 4.69) is 42.2 Å². The highest BCUT2D eigenvalue weighted by Gasteiger charge is 2.22. The van der Waals surface area contributed by atoms with Crippen LogP contribution >= 0.6 is 0 Å². The minimum Gasteiger partial charge on any atom is -0.393 e. The predicted molar refractivity (Wildman–Crippen MR) is 83.6 cm³/mol. The first-order valence-corrected chi connectivity index (χ1v) is 7.73. The molecule has 1 aliphatic rings. The molecular formula is C16H24N4O. The molecule has 2 heterocycles. The summed E-state index contributed by atoms with van der Waals surface area (Å²) in [6.07, 6.45) is 7.26. The SMILES string of the molecule is CC(C)(C)c1cc2c(NC3CCC(O)CC3)nccn2n1. The molecule has 21 heavy (non-hydrogen) atoms. The molecule has 0 spiro atoms. The topological polar surface area (TPSA) is 62.5 Å². The van der Waals surface area contributed by atoms with E-state index in [1.807, 2.05) is 10.7 Å². The van der Waals surface area contributed by atoms with Gasteiger partial charge in [0, 0.05) is 23.9 Å². The summed E-state index contributed by atoms with van der Waals surface area (Å²) in [7, 11) is 0. The Morgan fingerprint density at radius 2 is 1.95 bits per heavy atom. The molecule has 1 saturated carbocycles. The summed E-state index contributed by atoms with van der Waals surface area (Å²) < 4.78 is 1.90. The van der Waals surface area contributed by atoms with Crippen LogP contribution in [-0.2, 0) is 5.41 Å². The van der Waals surface area contributed by atoms with Gasteiger partial charge in [-0.3, -0.25) is 0 Å². The van der Waals surface area contributed by atoms with Crippen LogP contribution in [0.25, 0.3) is 5.52 Å². The number of nitrogens with zero attached hydrogens (tertiary/aromatic N) is 3. The Kier molecular flexibility index (Phi) is 3.61. The quantitative estimate of drug-likeness (QED) is 0.892. The lowest BCUT2D eigenvalue weighted by molar-refractivity contribution is 0.126. The Bertz CT molecular complexity index is 621. The van der Waals surface area contributed by atoms with E-state index in [0.29, 0.717) is 6.04 Å². The second-order valence-electron chi connectivity index (χ2n) is 7.04. The van der Waals surface area contributed by atoms with E-state index in [0.717, 1.165) is 42.7 Å². The summed E-state index contributed by atoms with van der Waals surface area (Å²) in [6, 6.07) is 2.51. The predicted octanol–water partition coefficient (Wildman–Crippen LogP) is 2.74. The molecule has 1 fully saturated rings. The molecule has 0 bridgehead atoms. The molecule has 3 rings (SSSR count). The average Bonchev–Trinajstić information content (AvgIpc) is 2.86. The fraction of sp³-hybridized carbons (Fsp3) is 0.625. The first-order chi connectivity index (χ1) is 9.93. The van der Waals surface area contributed by atoms with Crippen LogP contribution in [0.4, 0.5) is 5.82 Å². The monoisotopic (exact) mass is 288 g/mol. The van der Waals surface area contributed by atoms with Crippen molar-refractivity contribution in [2.24, 2.45) is 0 Å². The van der Waals surface area contributed by atoms with E-state index in [-0.39, 0.29) is 11.5 Å². The maximum absolute atomic E-state index is 9.60. The van der Waals surface area contributed by atoms with Gasteiger partial charge in [0.05, 0.1) is 11.8 Å². The zero-order chi connectivity index (χ0) is 15.0. The Labute approximate surface area is 125 Å². The fourth-order valence-corrected chi connectivity index (χ4v) is 2.81. The smallest absolute Gasteiger partial charge is 0.152 e. The highest BCUT2D eigenvalue weighted by molar-refractivity contribution is 5.68. The van der Waals surface area contributed by atoms with E-state index in [1.54, 1.807) is 6.20 Å². The third-order valence-corrected chi connectivity index (χ3v) is 4.20. The van der Waals surface area contributed by atoms with Gasteiger partial charge in [0.15, 0.2) is 5.82 Å². The molecule has 0 saturated heterocycles. The lowest BCUT2D eigenvalue weighted by Crippen LogP contribution is -2.28. The van der Waals surface area contributed by atoms with Crippen LogP contribution in [0, 0.1) is 0 Å². The largest absolute Gasteiger partial charge is 0.393 e. The molecule has 0 unspecified atom stereocenters. The second kappa shape index (κ2) is 5.30. The standard InChI is InChI=1S/C16H24N4O/c1-16(2,3)14-10-13-15(17-8-9-20(13)19-14)18-11-4-6-12(21)7-5-11/h8-12,21H,4-7H2,1-3H3,(H,17,18). The third-order valence-electron chi connectivity index (χ3n) is 4.20. The molecule has 2 aromatic heterocycles. The number of nitrogens with one attached hydrogen (secondary N) is 1. The Hall–Kier alpha value is -1.62. The third kappa shape index (κ3) is 3.02. The number of hydrogen-bond donors (Lipinski definition) is 2. The average molecular weight is 288 g/mol. The van der Waals surface area contributed by atoms with Gasteiger partial charge in [-0.1, -0.05) is 20.8 Å². The molecule has 0 amide bonds. The Morgan fingerprint density at radius 3 is 2.62 bits per heavy atom. The number of aromatic nitrogens is 3. The molecular weight excluding hydrogens is 264 g/mol. The maximum atomic E-state index is 9.60. The van der Waals surface area contributed by atoms with E-state index >= 15 is 0 Å². The molecule has 0 aliphatic heterocycles. The van der Waals surface area contributed by atoms with Crippen molar-refractivity contribution in [2.45, 2.75) is 64.0 Å². The Balaban J connectivity index is 1.86. The van der Waals surface area contributed by atoms with Crippen LogP contribution in [0.5, 0.6) is 0 Å². The normalized spacial score (nSPS) is 23.4. The van der Waals surface area contributed by atoms with Gasteiger partial charge in [-0.25, -0.2) is 9.50 Å². The summed E-state index contributed by atoms with van der Waals surface area (Å²) in [6.45, 7) is 6.49. The van der Waals surface area contributed by atoms with Gasteiger partial charge >= 0.3 is 0 Å². The molecule has 2 N–H and O–H groups in total. The highest BCUT2D eigenvalue weighted by Crippen LogP contribution is 2.27. The van der Waals surface area contributed by atoms with Gasteiger partial charge in [0.25, 0.3) is 0 Å². The summed E-state index contributed by atoms with van der Waals surface area (Å²) in [5.41, 5.74) is 2.12. The van der Waals surface area contributed by atoms with Gasteiger partial charge < -0.3 is 10.4 Å². The molecule has 0 atom stereocenters. The van der Waals surface area contributed by atoms with E-state index in [1.165, 1.54) is 0 Å². The first-order valence-electron chi connectivity index (χ1n) is 7.73. The van der Waals surface area contributed by atoms with Crippen LogP contribution in [0.15, 0.2) is 18.5 Å². The summed E-state index contributed by atoms with van der Waals surface area (Å²) >= 11 is 0. The highest BCUT2D eigenvalue weighted by atomic mass is 16.3. The lowest BCUT2D eigenvalue weighted by Gasteiger charge is -2.26. The molecule has 5 nitrogen and oxygen atoms in total. The number of aliphatic hydroxyl groups is 1.